The topological polar surface area (TPSA) is 65.2 Å². The zero-order valence-corrected chi connectivity index (χ0v) is 14.9. The number of hydrogen-bond acceptors (Lipinski definition) is 5. The summed E-state index contributed by atoms with van der Waals surface area (Å²) >= 11 is 11.7. The van der Waals surface area contributed by atoms with Crippen molar-refractivity contribution in [3.63, 3.8) is 0 Å². The van der Waals surface area contributed by atoms with Gasteiger partial charge in [0, 0.05) is 12.0 Å². The minimum Gasteiger partial charge on any atom is -0.461 e. The molecule has 0 aliphatic rings. The number of ether oxygens (including phenoxy) is 1. The van der Waals surface area contributed by atoms with Crippen LogP contribution in [0.3, 0.4) is 0 Å². The molecule has 0 saturated heterocycles. The van der Waals surface area contributed by atoms with Crippen LogP contribution in [0.15, 0.2) is 47.0 Å². The van der Waals surface area contributed by atoms with Crippen molar-refractivity contribution in [3.8, 4) is 11.4 Å². The SMILES string of the molecule is O=C(CCc1nc(-c2ccc(F)cc2)no1)OCc1ccc(Cl)c(Cl)c1. The minimum absolute atomic E-state index is 0.0897. The van der Waals surface area contributed by atoms with Crippen molar-refractivity contribution in [3.05, 3.63) is 69.8 Å². The highest BCUT2D eigenvalue weighted by atomic mass is 35.5. The van der Waals surface area contributed by atoms with Crippen molar-refractivity contribution >= 4 is 29.2 Å². The van der Waals surface area contributed by atoms with Crippen molar-refractivity contribution in [2.75, 3.05) is 0 Å². The number of aryl methyl sites for hydroxylation is 1. The van der Waals surface area contributed by atoms with Crippen molar-refractivity contribution in [2.24, 2.45) is 0 Å². The molecule has 2 aromatic carbocycles. The van der Waals surface area contributed by atoms with Crippen molar-refractivity contribution in [1.82, 2.24) is 10.1 Å². The molecule has 3 rings (SSSR count). The Morgan fingerprint density at radius 3 is 2.62 bits per heavy atom. The van der Waals surface area contributed by atoms with E-state index < -0.39 is 5.97 Å². The van der Waals surface area contributed by atoms with Crippen LogP contribution in [0.4, 0.5) is 4.39 Å². The first-order chi connectivity index (χ1) is 12.5. The molecule has 0 saturated carbocycles. The summed E-state index contributed by atoms with van der Waals surface area (Å²) in [5, 5.41) is 4.66. The van der Waals surface area contributed by atoms with Crippen LogP contribution in [-0.2, 0) is 22.6 Å². The van der Waals surface area contributed by atoms with Gasteiger partial charge in [0.25, 0.3) is 0 Å². The van der Waals surface area contributed by atoms with E-state index in [1.54, 1.807) is 30.3 Å². The number of rotatable bonds is 6. The molecule has 134 valence electrons. The van der Waals surface area contributed by atoms with Gasteiger partial charge < -0.3 is 9.26 Å². The quantitative estimate of drug-likeness (QED) is 0.558. The Hall–Kier alpha value is -2.44. The van der Waals surface area contributed by atoms with Gasteiger partial charge in [0.2, 0.25) is 11.7 Å². The highest BCUT2D eigenvalue weighted by Gasteiger charge is 2.12. The zero-order chi connectivity index (χ0) is 18.5. The molecule has 0 spiro atoms. The lowest BCUT2D eigenvalue weighted by Gasteiger charge is -2.05. The highest BCUT2D eigenvalue weighted by Crippen LogP contribution is 2.23. The molecular weight excluding hydrogens is 382 g/mol. The minimum atomic E-state index is -0.405. The molecule has 3 aromatic rings. The van der Waals surface area contributed by atoms with Gasteiger partial charge in [-0.15, -0.1) is 0 Å². The molecule has 0 fully saturated rings. The summed E-state index contributed by atoms with van der Waals surface area (Å²) in [6, 6.07) is 10.7. The number of benzene rings is 2. The molecule has 26 heavy (non-hydrogen) atoms. The van der Waals surface area contributed by atoms with Gasteiger partial charge in [-0.25, -0.2) is 4.39 Å². The van der Waals surface area contributed by atoms with Crippen LogP contribution in [0.5, 0.6) is 0 Å². The van der Waals surface area contributed by atoms with Crippen LogP contribution in [-0.4, -0.2) is 16.1 Å². The number of halogens is 3. The Balaban J connectivity index is 1.50. The average molecular weight is 395 g/mol. The maximum absolute atomic E-state index is 12.9. The number of nitrogens with zero attached hydrogens (tertiary/aromatic N) is 2. The molecule has 0 atom stereocenters. The molecule has 0 aliphatic carbocycles. The lowest BCUT2D eigenvalue weighted by Crippen LogP contribution is -2.06. The summed E-state index contributed by atoms with van der Waals surface area (Å²) in [6.45, 7) is 0.0976. The van der Waals surface area contributed by atoms with Crippen molar-refractivity contribution in [1.29, 1.82) is 0 Å². The van der Waals surface area contributed by atoms with E-state index in [1.165, 1.54) is 12.1 Å². The summed E-state index contributed by atoms with van der Waals surface area (Å²) in [5.74, 6) is -0.111. The number of aromatic nitrogens is 2. The zero-order valence-electron chi connectivity index (χ0n) is 13.4. The molecule has 0 bridgehead atoms. The van der Waals surface area contributed by atoms with Crippen molar-refractivity contribution < 1.29 is 18.4 Å². The van der Waals surface area contributed by atoms with Crippen LogP contribution < -0.4 is 0 Å². The Labute approximate surface area is 158 Å². The second kappa shape index (κ2) is 8.29. The maximum atomic E-state index is 12.9. The molecule has 1 aromatic heterocycles. The van der Waals surface area contributed by atoms with E-state index in [1.807, 2.05) is 0 Å². The molecule has 0 unspecified atom stereocenters. The van der Waals surface area contributed by atoms with Gasteiger partial charge in [0.05, 0.1) is 16.5 Å². The normalized spacial score (nSPS) is 10.7. The first kappa shape index (κ1) is 18.4. The van der Waals surface area contributed by atoms with Crippen LogP contribution in [0, 0.1) is 5.82 Å². The van der Waals surface area contributed by atoms with Gasteiger partial charge in [-0.05, 0) is 42.0 Å². The molecule has 0 amide bonds. The van der Waals surface area contributed by atoms with E-state index in [0.29, 0.717) is 27.3 Å². The summed E-state index contributed by atoms with van der Waals surface area (Å²) in [6.07, 6.45) is 0.334. The second-order valence-corrected chi connectivity index (χ2v) is 6.24. The molecular formula is C18H13Cl2FN2O3. The standard InChI is InChI=1S/C18H13Cl2FN2O3/c19-14-6-1-11(9-15(14)20)10-25-17(24)8-7-16-22-18(23-26-16)12-2-4-13(21)5-3-12/h1-6,9H,7-8,10H2. The first-order valence-electron chi connectivity index (χ1n) is 7.69. The number of carbonyl (C=O) groups excluding carboxylic acids is 1. The fraction of sp³-hybridized carbons (Fsp3) is 0.167. The van der Waals surface area contributed by atoms with E-state index in [9.17, 15) is 9.18 Å². The first-order valence-corrected chi connectivity index (χ1v) is 8.45. The summed E-state index contributed by atoms with van der Waals surface area (Å²) in [4.78, 5) is 16.0. The molecule has 0 radical (unpaired) electrons. The highest BCUT2D eigenvalue weighted by molar-refractivity contribution is 6.42. The fourth-order valence-corrected chi connectivity index (χ4v) is 2.47. The Bertz CT molecular complexity index is 913. The largest absolute Gasteiger partial charge is 0.461 e. The predicted octanol–water partition coefficient (Wildman–Crippen LogP) is 4.86. The Kier molecular flexibility index (Phi) is 5.85. The molecule has 5 nitrogen and oxygen atoms in total. The lowest BCUT2D eigenvalue weighted by atomic mass is 10.2. The summed E-state index contributed by atoms with van der Waals surface area (Å²) in [7, 11) is 0. The van der Waals surface area contributed by atoms with Gasteiger partial charge in [-0.1, -0.05) is 34.4 Å². The molecule has 8 heteroatoms. The van der Waals surface area contributed by atoms with Gasteiger partial charge in [0.1, 0.15) is 12.4 Å². The average Bonchev–Trinajstić information content (AvgIpc) is 3.10. The monoisotopic (exact) mass is 394 g/mol. The van der Waals surface area contributed by atoms with Gasteiger partial charge in [-0.2, -0.15) is 4.98 Å². The van der Waals surface area contributed by atoms with Crippen LogP contribution in [0.25, 0.3) is 11.4 Å². The second-order valence-electron chi connectivity index (χ2n) is 5.43. The van der Waals surface area contributed by atoms with Crippen LogP contribution in [0.2, 0.25) is 10.0 Å². The summed E-state index contributed by atoms with van der Waals surface area (Å²) < 4.78 is 23.2. The Morgan fingerprint density at radius 1 is 1.12 bits per heavy atom. The van der Waals surface area contributed by atoms with E-state index >= 15 is 0 Å². The number of carbonyl (C=O) groups is 1. The van der Waals surface area contributed by atoms with E-state index in [4.69, 9.17) is 32.5 Å². The van der Waals surface area contributed by atoms with E-state index in [0.717, 1.165) is 5.56 Å². The Morgan fingerprint density at radius 2 is 1.88 bits per heavy atom. The fourth-order valence-electron chi connectivity index (χ4n) is 2.15. The van der Waals surface area contributed by atoms with E-state index in [-0.39, 0.29) is 25.3 Å². The summed E-state index contributed by atoms with van der Waals surface area (Å²) in [5.41, 5.74) is 1.37. The van der Waals surface area contributed by atoms with Gasteiger partial charge in [0.15, 0.2) is 0 Å². The maximum Gasteiger partial charge on any atom is 0.306 e. The molecule has 0 N–H and O–H groups in total. The lowest BCUT2D eigenvalue weighted by molar-refractivity contribution is -0.145. The third-order valence-corrected chi connectivity index (χ3v) is 4.24. The molecule has 0 aliphatic heterocycles. The van der Waals surface area contributed by atoms with Gasteiger partial charge in [-0.3, -0.25) is 4.79 Å². The predicted molar refractivity (Wildman–Crippen MR) is 94.3 cm³/mol. The third kappa shape index (κ3) is 4.80. The van der Waals surface area contributed by atoms with Gasteiger partial charge >= 0.3 is 5.97 Å². The van der Waals surface area contributed by atoms with E-state index in [2.05, 4.69) is 10.1 Å². The third-order valence-electron chi connectivity index (χ3n) is 3.50. The van der Waals surface area contributed by atoms with Crippen LogP contribution >= 0.6 is 23.2 Å². The van der Waals surface area contributed by atoms with Crippen molar-refractivity contribution in [2.45, 2.75) is 19.4 Å². The number of esters is 1. The van der Waals surface area contributed by atoms with Crippen LogP contribution in [0.1, 0.15) is 17.9 Å². The number of hydrogen-bond donors (Lipinski definition) is 0. The molecule has 1 heterocycles. The smallest absolute Gasteiger partial charge is 0.306 e.